The Hall–Kier alpha value is -3.34. The standard InChI is InChI=1S/C18H14N4O/c19-17-16-15(12-5-2-1-3-6-12)10-22(18(16)21-11-20-17)13-7-4-8-14(23)9-13/h1-11,23H,(H2,19,20,21). The van der Waals surface area contributed by atoms with Crippen molar-refractivity contribution in [1.82, 2.24) is 14.5 Å². The molecule has 4 aromatic rings. The van der Waals surface area contributed by atoms with Crippen molar-refractivity contribution in [3.05, 3.63) is 67.1 Å². The van der Waals surface area contributed by atoms with Crippen molar-refractivity contribution in [2.75, 3.05) is 5.73 Å². The predicted molar refractivity (Wildman–Crippen MR) is 90.4 cm³/mol. The zero-order valence-electron chi connectivity index (χ0n) is 12.2. The molecule has 0 unspecified atom stereocenters. The summed E-state index contributed by atoms with van der Waals surface area (Å²) < 4.78 is 1.91. The van der Waals surface area contributed by atoms with Crippen LogP contribution >= 0.6 is 0 Å². The Bertz CT molecular complexity index is 993. The average Bonchev–Trinajstić information content (AvgIpc) is 2.97. The van der Waals surface area contributed by atoms with E-state index in [0.29, 0.717) is 11.5 Å². The van der Waals surface area contributed by atoms with Crippen molar-refractivity contribution in [2.24, 2.45) is 0 Å². The molecule has 5 heteroatoms. The normalized spacial score (nSPS) is 11.0. The second-order valence-electron chi connectivity index (χ2n) is 5.26. The first-order valence-corrected chi connectivity index (χ1v) is 7.20. The maximum atomic E-state index is 9.75. The Balaban J connectivity index is 2.06. The number of nitrogens with zero attached hydrogens (tertiary/aromatic N) is 3. The van der Waals surface area contributed by atoms with E-state index in [9.17, 15) is 5.11 Å². The van der Waals surface area contributed by atoms with Crippen LogP contribution in [0.4, 0.5) is 5.82 Å². The molecule has 0 radical (unpaired) electrons. The number of hydrogen-bond donors (Lipinski definition) is 2. The highest BCUT2D eigenvalue weighted by Crippen LogP contribution is 2.34. The van der Waals surface area contributed by atoms with Gasteiger partial charge < -0.3 is 15.4 Å². The molecular formula is C18H14N4O. The summed E-state index contributed by atoms with van der Waals surface area (Å²) in [6.45, 7) is 0. The van der Waals surface area contributed by atoms with Gasteiger partial charge in [0.05, 0.1) is 11.1 Å². The van der Waals surface area contributed by atoms with Gasteiger partial charge >= 0.3 is 0 Å². The van der Waals surface area contributed by atoms with Crippen LogP contribution in [0.5, 0.6) is 5.75 Å². The Morgan fingerprint density at radius 1 is 0.957 bits per heavy atom. The summed E-state index contributed by atoms with van der Waals surface area (Å²) in [5, 5.41) is 10.6. The Morgan fingerprint density at radius 3 is 2.57 bits per heavy atom. The number of aromatic hydroxyl groups is 1. The molecule has 0 saturated carbocycles. The molecule has 0 saturated heterocycles. The molecule has 23 heavy (non-hydrogen) atoms. The summed E-state index contributed by atoms with van der Waals surface area (Å²) in [5.74, 6) is 0.639. The van der Waals surface area contributed by atoms with E-state index in [1.54, 1.807) is 18.2 Å². The first-order chi connectivity index (χ1) is 11.2. The minimum atomic E-state index is 0.202. The number of fused-ring (bicyclic) bond motifs is 1. The number of nitrogens with two attached hydrogens (primary N) is 1. The molecule has 0 fully saturated rings. The molecule has 5 nitrogen and oxygen atoms in total. The fourth-order valence-electron chi connectivity index (χ4n) is 2.76. The van der Waals surface area contributed by atoms with Gasteiger partial charge in [0.1, 0.15) is 17.9 Å². The molecule has 0 aliphatic heterocycles. The van der Waals surface area contributed by atoms with E-state index in [0.717, 1.165) is 22.2 Å². The predicted octanol–water partition coefficient (Wildman–Crippen LogP) is 3.38. The number of benzene rings is 2. The smallest absolute Gasteiger partial charge is 0.150 e. The lowest BCUT2D eigenvalue weighted by Crippen LogP contribution is -1.96. The molecule has 0 bridgehead atoms. The van der Waals surface area contributed by atoms with E-state index < -0.39 is 0 Å². The van der Waals surface area contributed by atoms with Crippen LogP contribution in [0.3, 0.4) is 0 Å². The van der Waals surface area contributed by atoms with E-state index in [1.165, 1.54) is 6.33 Å². The second kappa shape index (κ2) is 5.14. The largest absolute Gasteiger partial charge is 0.508 e. The van der Waals surface area contributed by atoms with Gasteiger partial charge in [-0.2, -0.15) is 0 Å². The van der Waals surface area contributed by atoms with E-state index >= 15 is 0 Å². The van der Waals surface area contributed by atoms with Gasteiger partial charge in [0.25, 0.3) is 0 Å². The van der Waals surface area contributed by atoms with Crippen molar-refractivity contribution >= 4 is 16.9 Å². The molecule has 0 atom stereocenters. The van der Waals surface area contributed by atoms with Crippen LogP contribution in [0.25, 0.3) is 27.8 Å². The van der Waals surface area contributed by atoms with Gasteiger partial charge in [-0.25, -0.2) is 9.97 Å². The molecule has 4 rings (SSSR count). The average molecular weight is 302 g/mol. The van der Waals surface area contributed by atoms with Crippen molar-refractivity contribution in [1.29, 1.82) is 0 Å². The summed E-state index contributed by atoms with van der Waals surface area (Å²) in [4.78, 5) is 8.51. The van der Waals surface area contributed by atoms with E-state index in [4.69, 9.17) is 5.73 Å². The van der Waals surface area contributed by atoms with Crippen LogP contribution in [0.15, 0.2) is 67.1 Å². The highest BCUT2D eigenvalue weighted by Gasteiger charge is 2.15. The molecule has 0 aliphatic rings. The van der Waals surface area contributed by atoms with Crippen molar-refractivity contribution in [2.45, 2.75) is 0 Å². The van der Waals surface area contributed by atoms with Crippen LogP contribution in [0.1, 0.15) is 0 Å². The number of hydrogen-bond acceptors (Lipinski definition) is 4. The number of aromatic nitrogens is 3. The molecule has 112 valence electrons. The number of anilines is 1. The van der Waals surface area contributed by atoms with Crippen LogP contribution in [-0.4, -0.2) is 19.6 Å². The van der Waals surface area contributed by atoms with Gasteiger partial charge in [0.2, 0.25) is 0 Å². The minimum Gasteiger partial charge on any atom is -0.508 e. The number of rotatable bonds is 2. The molecule has 0 aliphatic carbocycles. The summed E-state index contributed by atoms with van der Waals surface area (Å²) >= 11 is 0. The summed E-state index contributed by atoms with van der Waals surface area (Å²) in [5.41, 5.74) is 9.63. The third-order valence-electron chi connectivity index (χ3n) is 3.81. The minimum absolute atomic E-state index is 0.202. The summed E-state index contributed by atoms with van der Waals surface area (Å²) in [6.07, 6.45) is 3.42. The topological polar surface area (TPSA) is 77.0 Å². The highest BCUT2D eigenvalue weighted by atomic mass is 16.3. The summed E-state index contributed by atoms with van der Waals surface area (Å²) in [7, 11) is 0. The molecule has 0 amide bonds. The van der Waals surface area contributed by atoms with Crippen molar-refractivity contribution in [3.63, 3.8) is 0 Å². The van der Waals surface area contributed by atoms with E-state index in [1.807, 2.05) is 47.2 Å². The Labute approximate surface area is 132 Å². The maximum absolute atomic E-state index is 9.75. The lowest BCUT2D eigenvalue weighted by molar-refractivity contribution is 0.475. The third kappa shape index (κ3) is 2.19. The number of phenols is 1. The Kier molecular flexibility index (Phi) is 2.98. The molecule has 2 aromatic heterocycles. The number of nitrogen functional groups attached to an aromatic ring is 1. The van der Waals surface area contributed by atoms with Crippen molar-refractivity contribution < 1.29 is 5.11 Å². The second-order valence-corrected chi connectivity index (χ2v) is 5.26. The van der Waals surface area contributed by atoms with Crippen LogP contribution in [-0.2, 0) is 0 Å². The first-order valence-electron chi connectivity index (χ1n) is 7.20. The van der Waals surface area contributed by atoms with Crippen LogP contribution < -0.4 is 5.73 Å². The van der Waals surface area contributed by atoms with Gasteiger partial charge in [-0.15, -0.1) is 0 Å². The van der Waals surface area contributed by atoms with Gasteiger partial charge in [0, 0.05) is 17.8 Å². The van der Waals surface area contributed by atoms with Crippen LogP contribution in [0.2, 0.25) is 0 Å². The zero-order chi connectivity index (χ0) is 15.8. The number of phenolic OH excluding ortho intramolecular Hbond substituents is 1. The monoisotopic (exact) mass is 302 g/mol. The third-order valence-corrected chi connectivity index (χ3v) is 3.81. The van der Waals surface area contributed by atoms with Crippen molar-refractivity contribution in [3.8, 4) is 22.6 Å². The van der Waals surface area contributed by atoms with Gasteiger partial charge in [0.15, 0.2) is 5.65 Å². The van der Waals surface area contributed by atoms with Gasteiger partial charge in [-0.05, 0) is 17.7 Å². The molecular weight excluding hydrogens is 288 g/mol. The fraction of sp³-hybridized carbons (Fsp3) is 0. The molecule has 2 heterocycles. The summed E-state index contributed by atoms with van der Waals surface area (Å²) in [6, 6.07) is 17.0. The fourth-order valence-corrected chi connectivity index (χ4v) is 2.76. The van der Waals surface area contributed by atoms with Gasteiger partial charge in [-0.1, -0.05) is 36.4 Å². The quantitative estimate of drug-likeness (QED) is 0.595. The Morgan fingerprint density at radius 2 is 1.78 bits per heavy atom. The van der Waals surface area contributed by atoms with E-state index in [2.05, 4.69) is 9.97 Å². The molecule has 0 spiro atoms. The SMILES string of the molecule is Nc1ncnc2c1c(-c1ccccc1)cn2-c1cccc(O)c1. The lowest BCUT2D eigenvalue weighted by atomic mass is 10.1. The van der Waals surface area contributed by atoms with Gasteiger partial charge in [-0.3, -0.25) is 0 Å². The van der Waals surface area contributed by atoms with Crippen LogP contribution in [0, 0.1) is 0 Å². The maximum Gasteiger partial charge on any atom is 0.150 e. The highest BCUT2D eigenvalue weighted by molar-refractivity contribution is 6.01. The first kappa shape index (κ1) is 13.3. The zero-order valence-corrected chi connectivity index (χ0v) is 12.2. The van der Waals surface area contributed by atoms with E-state index in [-0.39, 0.29) is 5.75 Å². The molecule has 2 aromatic carbocycles. The lowest BCUT2D eigenvalue weighted by Gasteiger charge is -2.04. The molecule has 3 N–H and O–H groups in total.